The molecule has 0 bridgehead atoms. The van der Waals surface area contributed by atoms with Gasteiger partial charge in [0.2, 0.25) is 0 Å². The van der Waals surface area contributed by atoms with Crippen molar-refractivity contribution in [2.75, 3.05) is 26.3 Å². The molecule has 1 radical (unpaired) electrons. The number of rotatable bonds is 3. The van der Waals surface area contributed by atoms with Gasteiger partial charge in [0.25, 0.3) is 0 Å². The molecule has 0 saturated carbocycles. The van der Waals surface area contributed by atoms with Gasteiger partial charge in [0, 0.05) is 19.6 Å². The molecule has 65 valence electrons. The first-order chi connectivity index (χ1) is 5.29. The fourth-order valence-corrected chi connectivity index (χ4v) is 1.12. The number of ether oxygens (including phenoxy) is 1. The molecule has 1 aliphatic rings. The van der Waals surface area contributed by atoms with E-state index in [2.05, 4.69) is 25.3 Å². The average Bonchev–Trinajstić information content (AvgIpc) is 2.03. The van der Waals surface area contributed by atoms with E-state index in [-0.39, 0.29) is 0 Å². The van der Waals surface area contributed by atoms with Crippen molar-refractivity contribution in [3.05, 3.63) is 6.54 Å². The Labute approximate surface area is 69.5 Å². The molecular weight excluding hydrogens is 138 g/mol. The van der Waals surface area contributed by atoms with E-state index in [1.54, 1.807) is 0 Å². The predicted molar refractivity (Wildman–Crippen MR) is 46.1 cm³/mol. The lowest BCUT2D eigenvalue weighted by Crippen LogP contribution is -2.34. The van der Waals surface area contributed by atoms with E-state index in [0.29, 0.717) is 0 Å². The van der Waals surface area contributed by atoms with Crippen LogP contribution < -0.4 is 0 Å². The highest BCUT2D eigenvalue weighted by Crippen LogP contribution is 2.07. The van der Waals surface area contributed by atoms with Gasteiger partial charge in [0.1, 0.15) is 0 Å². The highest BCUT2D eigenvalue weighted by molar-refractivity contribution is 4.72. The van der Waals surface area contributed by atoms with Crippen LogP contribution in [0, 0.1) is 12.5 Å². The quantitative estimate of drug-likeness (QED) is 0.614. The van der Waals surface area contributed by atoms with E-state index >= 15 is 0 Å². The van der Waals surface area contributed by atoms with E-state index in [4.69, 9.17) is 4.74 Å². The van der Waals surface area contributed by atoms with Crippen LogP contribution in [0.25, 0.3) is 0 Å². The molecule has 1 fully saturated rings. The van der Waals surface area contributed by atoms with Crippen molar-refractivity contribution >= 4 is 0 Å². The summed E-state index contributed by atoms with van der Waals surface area (Å²) < 4.78 is 5.24. The van der Waals surface area contributed by atoms with Crippen LogP contribution >= 0.6 is 0 Å². The number of nitrogens with zero attached hydrogens (tertiary/aromatic N) is 1. The van der Waals surface area contributed by atoms with Gasteiger partial charge in [-0.15, -0.1) is 0 Å². The van der Waals surface area contributed by atoms with Gasteiger partial charge in [-0.3, -0.25) is 4.90 Å². The fourth-order valence-electron chi connectivity index (χ4n) is 1.12. The van der Waals surface area contributed by atoms with Crippen LogP contribution in [-0.2, 0) is 4.74 Å². The molecule has 0 aromatic rings. The number of morpholine rings is 1. The van der Waals surface area contributed by atoms with E-state index in [1.807, 2.05) is 0 Å². The lowest BCUT2D eigenvalue weighted by molar-refractivity contribution is 0.0491. The Bertz CT molecular complexity index is 97.7. The van der Waals surface area contributed by atoms with Crippen LogP contribution in [0.2, 0.25) is 0 Å². The van der Waals surface area contributed by atoms with E-state index < -0.39 is 0 Å². The van der Waals surface area contributed by atoms with Crippen molar-refractivity contribution in [2.45, 2.75) is 20.3 Å². The maximum absolute atomic E-state index is 5.24. The highest BCUT2D eigenvalue weighted by atomic mass is 16.5. The summed E-state index contributed by atoms with van der Waals surface area (Å²) in [5.41, 5.74) is 0. The molecule has 0 spiro atoms. The Kier molecular flexibility index (Phi) is 3.87. The van der Waals surface area contributed by atoms with Crippen molar-refractivity contribution in [2.24, 2.45) is 5.92 Å². The van der Waals surface area contributed by atoms with Gasteiger partial charge in [0.15, 0.2) is 0 Å². The third-order valence-electron chi connectivity index (χ3n) is 1.88. The Hall–Kier alpha value is -0.0800. The van der Waals surface area contributed by atoms with E-state index in [1.165, 1.54) is 6.42 Å². The van der Waals surface area contributed by atoms with Gasteiger partial charge in [-0.05, 0) is 12.3 Å². The second kappa shape index (κ2) is 4.73. The number of hydrogen-bond donors (Lipinski definition) is 0. The monoisotopic (exact) mass is 156 g/mol. The zero-order valence-electron chi connectivity index (χ0n) is 7.55. The zero-order valence-corrected chi connectivity index (χ0v) is 7.55. The first-order valence-electron chi connectivity index (χ1n) is 4.44. The van der Waals surface area contributed by atoms with Crippen LogP contribution in [0.1, 0.15) is 20.3 Å². The minimum atomic E-state index is 0.776. The van der Waals surface area contributed by atoms with E-state index in [9.17, 15) is 0 Å². The minimum Gasteiger partial charge on any atom is -0.379 e. The maximum atomic E-state index is 5.24. The molecule has 1 rings (SSSR count). The predicted octanol–water partition coefficient (Wildman–Crippen LogP) is 1.53. The summed E-state index contributed by atoms with van der Waals surface area (Å²) in [6.07, 6.45) is 1.19. The summed E-state index contributed by atoms with van der Waals surface area (Å²) in [6, 6.07) is 0. The molecule has 1 aliphatic heterocycles. The molecule has 0 aromatic carbocycles. The van der Waals surface area contributed by atoms with Crippen LogP contribution in [0.3, 0.4) is 0 Å². The van der Waals surface area contributed by atoms with Crippen molar-refractivity contribution < 1.29 is 4.74 Å². The lowest BCUT2D eigenvalue weighted by Gasteiger charge is -2.26. The molecule has 0 N–H and O–H groups in total. The summed E-state index contributed by atoms with van der Waals surface area (Å²) in [5, 5.41) is 0. The van der Waals surface area contributed by atoms with Crippen LogP contribution in [-0.4, -0.2) is 31.2 Å². The van der Waals surface area contributed by atoms with Gasteiger partial charge >= 0.3 is 0 Å². The normalized spacial score (nSPS) is 21.0. The van der Waals surface area contributed by atoms with Gasteiger partial charge in [-0.2, -0.15) is 0 Å². The van der Waals surface area contributed by atoms with Crippen LogP contribution in [0.5, 0.6) is 0 Å². The standard InChI is InChI=1S/C9H18NO/c1-9(2)3-4-10-5-7-11-8-6-10/h4,9H,3,5-8H2,1-2H3. The van der Waals surface area contributed by atoms with Gasteiger partial charge in [-0.1, -0.05) is 13.8 Å². The molecule has 2 nitrogen and oxygen atoms in total. The smallest absolute Gasteiger partial charge is 0.0594 e. The lowest BCUT2D eigenvalue weighted by atomic mass is 10.1. The molecule has 0 unspecified atom stereocenters. The molecule has 11 heavy (non-hydrogen) atoms. The first-order valence-corrected chi connectivity index (χ1v) is 4.44. The average molecular weight is 156 g/mol. The van der Waals surface area contributed by atoms with Crippen molar-refractivity contribution in [3.8, 4) is 0 Å². The summed E-state index contributed by atoms with van der Waals surface area (Å²) in [6.45, 7) is 10.8. The molecular formula is C9H18NO. The Morgan fingerprint density at radius 2 is 2.00 bits per heavy atom. The summed E-state index contributed by atoms with van der Waals surface area (Å²) in [5.74, 6) is 0.776. The Morgan fingerprint density at radius 1 is 1.36 bits per heavy atom. The molecule has 1 heterocycles. The van der Waals surface area contributed by atoms with Crippen LogP contribution in [0.4, 0.5) is 0 Å². The minimum absolute atomic E-state index is 0.776. The Morgan fingerprint density at radius 3 is 2.55 bits per heavy atom. The molecule has 0 aromatic heterocycles. The molecule has 0 amide bonds. The first kappa shape index (κ1) is 9.01. The molecule has 0 aliphatic carbocycles. The van der Waals surface area contributed by atoms with Gasteiger partial charge in [-0.25, -0.2) is 0 Å². The van der Waals surface area contributed by atoms with Crippen LogP contribution in [0.15, 0.2) is 0 Å². The summed E-state index contributed by atoms with van der Waals surface area (Å²) >= 11 is 0. The van der Waals surface area contributed by atoms with Gasteiger partial charge in [0.05, 0.1) is 13.2 Å². The largest absolute Gasteiger partial charge is 0.379 e. The van der Waals surface area contributed by atoms with Crippen molar-refractivity contribution in [1.29, 1.82) is 0 Å². The number of hydrogen-bond acceptors (Lipinski definition) is 2. The molecule has 2 heteroatoms. The fraction of sp³-hybridized carbons (Fsp3) is 0.889. The van der Waals surface area contributed by atoms with Gasteiger partial charge < -0.3 is 4.74 Å². The van der Waals surface area contributed by atoms with Crippen molar-refractivity contribution in [3.63, 3.8) is 0 Å². The topological polar surface area (TPSA) is 12.5 Å². The van der Waals surface area contributed by atoms with Crippen molar-refractivity contribution in [1.82, 2.24) is 4.90 Å². The summed E-state index contributed by atoms with van der Waals surface area (Å²) in [4.78, 5) is 2.36. The molecule has 0 atom stereocenters. The highest BCUT2D eigenvalue weighted by Gasteiger charge is 2.09. The SMILES string of the molecule is CC(C)C[CH]N1CCOCC1. The molecule has 1 saturated heterocycles. The summed E-state index contributed by atoms with van der Waals surface area (Å²) in [7, 11) is 0. The maximum Gasteiger partial charge on any atom is 0.0594 e. The third-order valence-corrected chi connectivity index (χ3v) is 1.88. The third kappa shape index (κ3) is 3.73. The zero-order chi connectivity index (χ0) is 8.10. The van der Waals surface area contributed by atoms with E-state index in [0.717, 1.165) is 32.2 Å². The second-order valence-corrected chi connectivity index (χ2v) is 3.46. The second-order valence-electron chi connectivity index (χ2n) is 3.46. The Balaban J connectivity index is 2.05.